The SMILES string of the molecule is CCOc1ccc(C2c3c(-c4ccc(C)cc4)n[nH]c3C(=O)N2c2ccc(F)cc2)cc1. The highest BCUT2D eigenvalue weighted by molar-refractivity contribution is 6.11. The van der Waals surface area contributed by atoms with E-state index in [9.17, 15) is 9.18 Å². The van der Waals surface area contributed by atoms with E-state index in [1.807, 2.05) is 62.4 Å². The first-order chi connectivity index (χ1) is 15.6. The number of aromatic nitrogens is 2. The standard InChI is InChI=1S/C26H22FN3O2/c1-3-32-21-14-8-18(9-15-21)25-22-23(17-6-4-16(2)5-7-17)28-29-24(22)26(31)30(25)20-12-10-19(27)11-13-20/h4-15,25H,3H2,1-2H3,(H,28,29). The topological polar surface area (TPSA) is 58.2 Å². The number of H-pyrrole nitrogens is 1. The zero-order valence-electron chi connectivity index (χ0n) is 17.8. The van der Waals surface area contributed by atoms with Crippen molar-refractivity contribution in [3.8, 4) is 17.0 Å². The normalized spacial score (nSPS) is 15.2. The average Bonchev–Trinajstić information content (AvgIpc) is 3.35. The van der Waals surface area contributed by atoms with E-state index >= 15 is 0 Å². The Morgan fingerprint density at radius 1 is 1.00 bits per heavy atom. The molecule has 1 aliphatic heterocycles. The number of carbonyl (C=O) groups is 1. The van der Waals surface area contributed by atoms with E-state index in [-0.39, 0.29) is 11.7 Å². The van der Waals surface area contributed by atoms with Crippen LogP contribution in [0, 0.1) is 12.7 Å². The number of anilines is 1. The van der Waals surface area contributed by atoms with Gasteiger partial charge in [-0.15, -0.1) is 0 Å². The van der Waals surface area contributed by atoms with Crippen molar-refractivity contribution in [3.05, 3.63) is 101 Å². The van der Waals surface area contributed by atoms with Gasteiger partial charge in [0.15, 0.2) is 0 Å². The Bertz CT molecular complexity index is 1260. The van der Waals surface area contributed by atoms with Gasteiger partial charge in [-0.25, -0.2) is 4.39 Å². The van der Waals surface area contributed by atoms with Crippen LogP contribution in [0.4, 0.5) is 10.1 Å². The van der Waals surface area contributed by atoms with E-state index in [0.29, 0.717) is 18.0 Å². The molecule has 160 valence electrons. The van der Waals surface area contributed by atoms with Gasteiger partial charge in [0.2, 0.25) is 0 Å². The van der Waals surface area contributed by atoms with Gasteiger partial charge >= 0.3 is 0 Å². The van der Waals surface area contributed by atoms with Crippen LogP contribution in [0.2, 0.25) is 0 Å². The molecule has 2 heterocycles. The molecular formula is C26H22FN3O2. The third-order valence-corrected chi connectivity index (χ3v) is 5.70. The molecule has 0 saturated heterocycles. The molecule has 1 atom stereocenters. The van der Waals surface area contributed by atoms with Crippen molar-refractivity contribution in [2.24, 2.45) is 0 Å². The highest BCUT2D eigenvalue weighted by atomic mass is 19.1. The number of halogens is 1. The summed E-state index contributed by atoms with van der Waals surface area (Å²) in [6.07, 6.45) is 0. The van der Waals surface area contributed by atoms with Crippen LogP contribution in [0.25, 0.3) is 11.3 Å². The largest absolute Gasteiger partial charge is 0.494 e. The molecule has 5 rings (SSSR count). The molecule has 0 radical (unpaired) electrons. The van der Waals surface area contributed by atoms with Crippen LogP contribution in [-0.2, 0) is 0 Å². The minimum atomic E-state index is -0.409. The van der Waals surface area contributed by atoms with Crippen LogP contribution in [0.3, 0.4) is 0 Å². The maximum absolute atomic E-state index is 13.6. The number of ether oxygens (including phenoxy) is 1. The van der Waals surface area contributed by atoms with Crippen LogP contribution in [-0.4, -0.2) is 22.7 Å². The molecule has 5 nitrogen and oxygen atoms in total. The molecule has 1 N–H and O–H groups in total. The van der Waals surface area contributed by atoms with E-state index in [1.54, 1.807) is 17.0 Å². The lowest BCUT2D eigenvalue weighted by atomic mass is 9.95. The van der Waals surface area contributed by atoms with Gasteiger partial charge in [-0.05, 0) is 55.8 Å². The first-order valence-electron chi connectivity index (χ1n) is 10.5. The molecule has 1 aliphatic rings. The number of aromatic amines is 1. The fraction of sp³-hybridized carbons (Fsp3) is 0.154. The summed E-state index contributed by atoms with van der Waals surface area (Å²) in [7, 11) is 0. The molecule has 1 amide bonds. The number of nitrogens with one attached hydrogen (secondary N) is 1. The van der Waals surface area contributed by atoms with Crippen LogP contribution in [0.5, 0.6) is 5.75 Å². The van der Waals surface area contributed by atoms with E-state index in [1.165, 1.54) is 12.1 Å². The number of carbonyl (C=O) groups excluding carboxylic acids is 1. The van der Waals surface area contributed by atoms with E-state index in [4.69, 9.17) is 4.74 Å². The lowest BCUT2D eigenvalue weighted by Crippen LogP contribution is -2.29. The smallest absolute Gasteiger partial charge is 0.277 e. The Morgan fingerprint density at radius 3 is 2.34 bits per heavy atom. The lowest BCUT2D eigenvalue weighted by molar-refractivity contribution is 0.0988. The van der Waals surface area contributed by atoms with Crippen molar-refractivity contribution >= 4 is 11.6 Å². The van der Waals surface area contributed by atoms with Crippen molar-refractivity contribution in [2.45, 2.75) is 19.9 Å². The molecule has 0 bridgehead atoms. The summed E-state index contributed by atoms with van der Waals surface area (Å²) < 4.78 is 19.2. The van der Waals surface area contributed by atoms with Crippen molar-refractivity contribution in [1.29, 1.82) is 0 Å². The Hall–Kier alpha value is -3.93. The zero-order chi connectivity index (χ0) is 22.2. The summed E-state index contributed by atoms with van der Waals surface area (Å²) in [5, 5.41) is 7.45. The summed E-state index contributed by atoms with van der Waals surface area (Å²) in [5.41, 5.74) is 5.60. The maximum atomic E-state index is 13.6. The number of hydrogen-bond acceptors (Lipinski definition) is 3. The molecule has 0 spiro atoms. The number of amides is 1. The van der Waals surface area contributed by atoms with Gasteiger partial charge < -0.3 is 4.74 Å². The number of fused-ring (bicyclic) bond motifs is 1. The van der Waals surface area contributed by atoms with Crippen molar-refractivity contribution in [3.63, 3.8) is 0 Å². The fourth-order valence-corrected chi connectivity index (χ4v) is 4.17. The second-order valence-electron chi connectivity index (χ2n) is 7.78. The lowest BCUT2D eigenvalue weighted by Gasteiger charge is -2.26. The Morgan fingerprint density at radius 2 is 1.69 bits per heavy atom. The van der Waals surface area contributed by atoms with Gasteiger partial charge in [0, 0.05) is 16.8 Å². The fourth-order valence-electron chi connectivity index (χ4n) is 4.17. The van der Waals surface area contributed by atoms with Gasteiger partial charge in [0.05, 0.1) is 18.3 Å². The highest BCUT2D eigenvalue weighted by Gasteiger charge is 2.43. The first kappa shape index (κ1) is 20.0. The van der Waals surface area contributed by atoms with Gasteiger partial charge in [-0.2, -0.15) is 5.10 Å². The quantitative estimate of drug-likeness (QED) is 0.446. The third-order valence-electron chi connectivity index (χ3n) is 5.70. The molecule has 0 aliphatic carbocycles. The second-order valence-corrected chi connectivity index (χ2v) is 7.78. The van der Waals surface area contributed by atoms with E-state index in [0.717, 1.165) is 33.7 Å². The predicted molar refractivity (Wildman–Crippen MR) is 121 cm³/mol. The molecule has 6 heteroatoms. The van der Waals surface area contributed by atoms with Crippen LogP contribution < -0.4 is 9.64 Å². The summed E-state index contributed by atoms with van der Waals surface area (Å²) in [6.45, 7) is 4.54. The highest BCUT2D eigenvalue weighted by Crippen LogP contribution is 2.45. The molecule has 4 aromatic rings. The van der Waals surface area contributed by atoms with Crippen molar-refractivity contribution in [2.75, 3.05) is 11.5 Å². The van der Waals surface area contributed by atoms with Gasteiger partial charge in [-0.1, -0.05) is 42.0 Å². The molecule has 1 aromatic heterocycles. The van der Waals surface area contributed by atoms with Crippen LogP contribution in [0.1, 0.15) is 40.1 Å². The van der Waals surface area contributed by atoms with E-state index < -0.39 is 6.04 Å². The second kappa shape index (κ2) is 7.96. The van der Waals surface area contributed by atoms with Gasteiger partial charge in [0.1, 0.15) is 17.3 Å². The Kier molecular flexibility index (Phi) is 4.98. The number of aryl methyl sites for hydroxylation is 1. The molecule has 32 heavy (non-hydrogen) atoms. The Balaban J connectivity index is 1.67. The third kappa shape index (κ3) is 3.34. The van der Waals surface area contributed by atoms with Crippen molar-refractivity contribution < 1.29 is 13.9 Å². The molecular weight excluding hydrogens is 405 g/mol. The van der Waals surface area contributed by atoms with E-state index in [2.05, 4.69) is 10.2 Å². The number of nitrogens with zero attached hydrogens (tertiary/aromatic N) is 2. The minimum Gasteiger partial charge on any atom is -0.494 e. The number of hydrogen-bond donors (Lipinski definition) is 1. The molecule has 0 saturated carbocycles. The summed E-state index contributed by atoms with van der Waals surface area (Å²) in [5.74, 6) is 0.218. The minimum absolute atomic E-state index is 0.198. The molecule has 1 unspecified atom stereocenters. The number of rotatable bonds is 5. The van der Waals surface area contributed by atoms with Crippen LogP contribution >= 0.6 is 0 Å². The maximum Gasteiger partial charge on any atom is 0.277 e. The molecule has 3 aromatic carbocycles. The van der Waals surface area contributed by atoms with Gasteiger partial charge in [-0.3, -0.25) is 14.8 Å². The predicted octanol–water partition coefficient (Wildman–Crippen LogP) is 5.67. The van der Waals surface area contributed by atoms with Crippen LogP contribution in [0.15, 0.2) is 72.8 Å². The Labute approximate surface area is 185 Å². The van der Waals surface area contributed by atoms with Gasteiger partial charge in [0.25, 0.3) is 5.91 Å². The summed E-state index contributed by atoms with van der Waals surface area (Å²) in [6, 6.07) is 21.3. The van der Waals surface area contributed by atoms with Crippen molar-refractivity contribution in [1.82, 2.24) is 10.2 Å². The molecule has 0 fully saturated rings. The monoisotopic (exact) mass is 427 g/mol. The summed E-state index contributed by atoms with van der Waals surface area (Å²) in [4.78, 5) is 15.2. The number of benzene rings is 3. The first-order valence-corrected chi connectivity index (χ1v) is 10.5. The zero-order valence-corrected chi connectivity index (χ0v) is 17.8. The summed E-state index contributed by atoms with van der Waals surface area (Å²) >= 11 is 0. The average molecular weight is 427 g/mol.